The second-order valence-electron chi connectivity index (χ2n) is 4.98. The molecule has 0 radical (unpaired) electrons. The molecule has 1 aliphatic heterocycles. The van der Waals surface area contributed by atoms with Crippen LogP contribution >= 0.6 is 11.6 Å². The van der Waals surface area contributed by atoms with Crippen molar-refractivity contribution in [3.05, 3.63) is 69.9 Å². The maximum Gasteiger partial charge on any atom is 0.369 e. The molecule has 1 aromatic heterocycles. The molecular formula is C16H12ClN3O2. The van der Waals surface area contributed by atoms with Crippen molar-refractivity contribution >= 4 is 11.6 Å². The number of aromatic nitrogens is 3. The molecule has 0 unspecified atom stereocenters. The molecule has 0 saturated heterocycles. The third-order valence-electron chi connectivity index (χ3n) is 3.60. The molecule has 22 heavy (non-hydrogen) atoms. The third-order valence-corrected chi connectivity index (χ3v) is 3.85. The van der Waals surface area contributed by atoms with Crippen molar-refractivity contribution in [2.24, 2.45) is 0 Å². The summed E-state index contributed by atoms with van der Waals surface area (Å²) in [7, 11) is 0. The van der Waals surface area contributed by atoms with Crippen LogP contribution in [-0.4, -0.2) is 21.0 Å². The van der Waals surface area contributed by atoms with Crippen molar-refractivity contribution in [3.8, 4) is 17.1 Å². The maximum atomic E-state index is 12.4. The lowest BCUT2D eigenvalue weighted by atomic mass is 10.3. The van der Waals surface area contributed by atoms with Crippen molar-refractivity contribution in [1.29, 1.82) is 0 Å². The molecule has 5 nitrogen and oxygen atoms in total. The van der Waals surface area contributed by atoms with Crippen LogP contribution in [0.5, 0.6) is 5.75 Å². The number of benzene rings is 2. The minimum Gasteiger partial charge on any atom is -0.491 e. The van der Waals surface area contributed by atoms with Crippen LogP contribution in [0, 0.1) is 0 Å². The maximum absolute atomic E-state index is 12.4. The van der Waals surface area contributed by atoms with Gasteiger partial charge in [0.15, 0.2) is 0 Å². The molecule has 110 valence electrons. The Hall–Kier alpha value is -2.53. The van der Waals surface area contributed by atoms with Crippen molar-refractivity contribution in [1.82, 2.24) is 14.3 Å². The summed E-state index contributed by atoms with van der Waals surface area (Å²) in [5.74, 6) is 1.42. The molecule has 0 spiro atoms. The van der Waals surface area contributed by atoms with Gasteiger partial charge < -0.3 is 4.74 Å². The second kappa shape index (κ2) is 5.03. The lowest BCUT2D eigenvalue weighted by molar-refractivity contribution is 0.325. The van der Waals surface area contributed by atoms with E-state index in [1.54, 1.807) is 28.9 Å². The molecule has 6 heteroatoms. The molecule has 4 rings (SSSR count). The zero-order chi connectivity index (χ0) is 15.1. The summed E-state index contributed by atoms with van der Waals surface area (Å²) < 4.78 is 9.10. The Kier molecular flexibility index (Phi) is 3.01. The average Bonchev–Trinajstić information content (AvgIpc) is 2.74. The Labute approximate surface area is 131 Å². The highest BCUT2D eigenvalue weighted by atomic mass is 35.5. The van der Waals surface area contributed by atoms with E-state index in [0.29, 0.717) is 29.6 Å². The fourth-order valence-electron chi connectivity index (χ4n) is 2.63. The highest BCUT2D eigenvalue weighted by molar-refractivity contribution is 6.30. The molecule has 0 amide bonds. The molecule has 0 saturated carbocycles. The molecule has 0 N–H and O–H groups in total. The first-order valence-electron chi connectivity index (χ1n) is 6.93. The van der Waals surface area contributed by atoms with Gasteiger partial charge in [0, 0.05) is 11.4 Å². The van der Waals surface area contributed by atoms with E-state index in [-0.39, 0.29) is 5.69 Å². The quantitative estimate of drug-likeness (QED) is 0.694. The molecule has 0 aliphatic carbocycles. The molecular weight excluding hydrogens is 302 g/mol. The van der Waals surface area contributed by atoms with Crippen LogP contribution in [0.2, 0.25) is 5.02 Å². The highest BCUT2D eigenvalue weighted by Crippen LogP contribution is 2.27. The summed E-state index contributed by atoms with van der Waals surface area (Å²) in [5.41, 5.74) is 1.21. The summed E-state index contributed by atoms with van der Waals surface area (Å²) >= 11 is 5.93. The van der Waals surface area contributed by atoms with Crippen molar-refractivity contribution in [2.45, 2.75) is 6.42 Å². The number of rotatable bonds is 1. The first kappa shape index (κ1) is 13.2. The zero-order valence-electron chi connectivity index (χ0n) is 11.6. The molecule has 1 aliphatic rings. The Morgan fingerprint density at radius 1 is 1.05 bits per heavy atom. The fourth-order valence-corrected chi connectivity index (χ4v) is 2.76. The number of fused-ring (bicyclic) bond motifs is 3. The second-order valence-corrected chi connectivity index (χ2v) is 5.41. The summed E-state index contributed by atoms with van der Waals surface area (Å²) in [6, 6.07) is 14.7. The number of halogens is 1. The summed E-state index contributed by atoms with van der Waals surface area (Å²) in [6.07, 6.45) is 0.574. The lowest BCUT2D eigenvalue weighted by Gasteiger charge is -2.13. The van der Waals surface area contributed by atoms with Gasteiger partial charge in [0.1, 0.15) is 17.3 Å². The van der Waals surface area contributed by atoms with Crippen molar-refractivity contribution < 1.29 is 4.74 Å². The Morgan fingerprint density at radius 2 is 1.82 bits per heavy atom. The van der Waals surface area contributed by atoms with Gasteiger partial charge in [-0.3, -0.25) is 0 Å². The molecule has 0 fully saturated rings. The van der Waals surface area contributed by atoms with Gasteiger partial charge in [0.05, 0.1) is 12.3 Å². The first-order valence-corrected chi connectivity index (χ1v) is 7.31. The van der Waals surface area contributed by atoms with E-state index in [1.165, 1.54) is 0 Å². The van der Waals surface area contributed by atoms with E-state index in [1.807, 2.05) is 28.9 Å². The Bertz CT molecular complexity index is 896. The van der Waals surface area contributed by atoms with Gasteiger partial charge in [-0.15, -0.1) is 0 Å². The summed E-state index contributed by atoms with van der Waals surface area (Å²) in [6.45, 7) is 0.494. The number of para-hydroxylation sites is 2. The Morgan fingerprint density at radius 3 is 2.64 bits per heavy atom. The lowest BCUT2D eigenvalue weighted by Crippen LogP contribution is -2.21. The fraction of sp³-hybridized carbons (Fsp3) is 0.125. The highest BCUT2D eigenvalue weighted by Gasteiger charge is 2.21. The number of hydrogen-bond acceptors (Lipinski definition) is 3. The summed E-state index contributed by atoms with van der Waals surface area (Å²) in [4.78, 5) is 16.5. The summed E-state index contributed by atoms with van der Waals surface area (Å²) in [5, 5.41) is 0.621. The largest absolute Gasteiger partial charge is 0.491 e. The molecule has 2 heterocycles. The van der Waals surface area contributed by atoms with Crippen LogP contribution in [0.3, 0.4) is 0 Å². The van der Waals surface area contributed by atoms with Gasteiger partial charge >= 0.3 is 5.69 Å². The van der Waals surface area contributed by atoms with Gasteiger partial charge in [-0.2, -0.15) is 9.67 Å². The van der Waals surface area contributed by atoms with Crippen LogP contribution < -0.4 is 10.4 Å². The minimum atomic E-state index is -0.311. The molecule has 3 aromatic rings. The topological polar surface area (TPSA) is 49.0 Å². The number of nitrogens with zero attached hydrogens (tertiary/aromatic N) is 3. The number of ether oxygens (including phenoxy) is 1. The van der Waals surface area contributed by atoms with E-state index in [9.17, 15) is 4.79 Å². The van der Waals surface area contributed by atoms with Gasteiger partial charge in [0.2, 0.25) is 0 Å². The monoisotopic (exact) mass is 313 g/mol. The standard InChI is InChI=1S/C16H12ClN3O2/c17-11-5-7-12(8-6-11)19-16(21)18-15-9-10-22-14-4-2-1-3-13(14)20(15)19/h1-8H,9-10H2. The van der Waals surface area contributed by atoms with Crippen LogP contribution in [-0.2, 0) is 6.42 Å². The van der Waals surface area contributed by atoms with Gasteiger partial charge in [-0.05, 0) is 36.4 Å². The van der Waals surface area contributed by atoms with E-state index >= 15 is 0 Å². The predicted octanol–water partition coefficient (Wildman–Crippen LogP) is 2.61. The van der Waals surface area contributed by atoms with Gasteiger partial charge in [0.25, 0.3) is 0 Å². The molecule has 0 bridgehead atoms. The van der Waals surface area contributed by atoms with Crippen LogP contribution in [0.25, 0.3) is 11.4 Å². The number of hydrogen-bond donors (Lipinski definition) is 0. The SMILES string of the molecule is O=c1nc2n(n1-c1ccc(Cl)cc1)-c1ccccc1OCC2. The third kappa shape index (κ3) is 2.02. The normalized spacial score (nSPS) is 13.0. The van der Waals surface area contributed by atoms with E-state index in [0.717, 1.165) is 11.4 Å². The zero-order valence-corrected chi connectivity index (χ0v) is 12.3. The van der Waals surface area contributed by atoms with Crippen LogP contribution in [0.1, 0.15) is 5.82 Å². The molecule has 2 aromatic carbocycles. The van der Waals surface area contributed by atoms with Crippen molar-refractivity contribution in [3.63, 3.8) is 0 Å². The van der Waals surface area contributed by atoms with Crippen LogP contribution in [0.15, 0.2) is 53.3 Å². The first-order chi connectivity index (χ1) is 10.7. The van der Waals surface area contributed by atoms with E-state index in [2.05, 4.69) is 4.98 Å². The van der Waals surface area contributed by atoms with Crippen LogP contribution in [0.4, 0.5) is 0 Å². The Balaban J connectivity index is 2.02. The van der Waals surface area contributed by atoms with E-state index in [4.69, 9.17) is 16.3 Å². The van der Waals surface area contributed by atoms with Crippen molar-refractivity contribution in [2.75, 3.05) is 6.61 Å². The minimum absolute atomic E-state index is 0.311. The predicted molar refractivity (Wildman–Crippen MR) is 83.4 cm³/mol. The van der Waals surface area contributed by atoms with Gasteiger partial charge in [-0.25, -0.2) is 9.48 Å². The smallest absolute Gasteiger partial charge is 0.369 e. The average molecular weight is 314 g/mol. The van der Waals surface area contributed by atoms with Gasteiger partial charge in [-0.1, -0.05) is 23.7 Å². The van der Waals surface area contributed by atoms with E-state index < -0.39 is 0 Å². The molecule has 0 atom stereocenters.